The van der Waals surface area contributed by atoms with Gasteiger partial charge in [0.1, 0.15) is 0 Å². The van der Waals surface area contributed by atoms with E-state index in [0.717, 1.165) is 5.32 Å². The maximum Gasteiger partial charge on any atom is 0.457 e. The highest BCUT2D eigenvalue weighted by molar-refractivity contribution is 4.88. The molecule has 2 nitrogen and oxygen atoms in total. The summed E-state index contributed by atoms with van der Waals surface area (Å²) < 4.78 is 68.5. The van der Waals surface area contributed by atoms with Crippen molar-refractivity contribution in [3.05, 3.63) is 12.0 Å². The number of nitrogens with one attached hydrogen (secondary N) is 2. The van der Waals surface area contributed by atoms with Crippen LogP contribution in [0.25, 0.3) is 0 Å². The summed E-state index contributed by atoms with van der Waals surface area (Å²) in [6.45, 7) is -1.27. The van der Waals surface area contributed by atoms with Crippen LogP contribution in [0.15, 0.2) is 12.0 Å². The second kappa shape index (κ2) is 4.95. The first-order chi connectivity index (χ1) is 5.83. The lowest BCUT2D eigenvalue weighted by atomic mass is 10.6. The summed E-state index contributed by atoms with van der Waals surface area (Å²) in [6.07, 6.45) is -7.18. The molecule has 0 saturated carbocycles. The zero-order chi connectivity index (χ0) is 10.5. The third-order valence-electron chi connectivity index (χ3n) is 0.897. The van der Waals surface area contributed by atoms with Crippen LogP contribution in [0.4, 0.5) is 26.3 Å². The van der Waals surface area contributed by atoms with E-state index in [2.05, 4.69) is 0 Å². The van der Waals surface area contributed by atoms with Gasteiger partial charge in [-0.2, -0.15) is 26.3 Å². The van der Waals surface area contributed by atoms with Crippen LogP contribution < -0.4 is 10.6 Å². The molecule has 0 unspecified atom stereocenters. The molecule has 0 fully saturated rings. The van der Waals surface area contributed by atoms with E-state index in [1.807, 2.05) is 0 Å². The van der Waals surface area contributed by atoms with E-state index in [-0.39, 0.29) is 0 Å². The van der Waals surface area contributed by atoms with E-state index in [1.54, 1.807) is 0 Å². The van der Waals surface area contributed by atoms with Crippen molar-refractivity contribution in [1.29, 1.82) is 0 Å². The summed E-state index contributed by atoms with van der Waals surface area (Å²) in [5, 5.41) is 2.47. The molecule has 0 aliphatic heterocycles. The lowest BCUT2D eigenvalue weighted by molar-refractivity contribution is -0.156. The Bertz CT molecular complexity index is 182. The number of hydrogen-bond donors (Lipinski definition) is 2. The first-order valence-corrected chi connectivity index (χ1v) is 3.09. The Labute approximate surface area is 69.6 Å². The molecule has 0 heterocycles. The molecule has 0 saturated heterocycles. The molecule has 13 heavy (non-hydrogen) atoms. The average molecular weight is 208 g/mol. The molecule has 0 aromatic heterocycles. The standard InChI is InChI=1S/C5H6F6N2/c6-3(7)4(8)12-1-2-13-5(9,10)11/h12-13H,1-2H2. The Balaban J connectivity index is 3.54. The summed E-state index contributed by atoms with van der Waals surface area (Å²) in [5.74, 6) is -1.91. The van der Waals surface area contributed by atoms with Crippen LogP contribution in [0, 0.1) is 0 Å². The number of alkyl halides is 3. The van der Waals surface area contributed by atoms with E-state index in [9.17, 15) is 26.3 Å². The molecule has 0 rings (SSSR count). The van der Waals surface area contributed by atoms with Crippen molar-refractivity contribution in [2.45, 2.75) is 6.30 Å². The van der Waals surface area contributed by atoms with Crippen molar-refractivity contribution in [2.24, 2.45) is 0 Å². The molecule has 0 aromatic rings. The van der Waals surface area contributed by atoms with Gasteiger partial charge in [0.05, 0.1) is 0 Å². The van der Waals surface area contributed by atoms with Crippen molar-refractivity contribution in [2.75, 3.05) is 13.1 Å². The molecule has 0 amide bonds. The second-order valence-electron chi connectivity index (χ2n) is 1.93. The van der Waals surface area contributed by atoms with Gasteiger partial charge in [0, 0.05) is 13.1 Å². The van der Waals surface area contributed by atoms with Crippen LogP contribution in [0.1, 0.15) is 0 Å². The largest absolute Gasteiger partial charge is 0.457 e. The molecule has 0 radical (unpaired) electrons. The molecule has 0 bridgehead atoms. The molecule has 0 atom stereocenters. The zero-order valence-corrected chi connectivity index (χ0v) is 6.18. The first-order valence-electron chi connectivity index (χ1n) is 3.09. The molecule has 0 aliphatic rings. The molecule has 0 aromatic carbocycles. The minimum atomic E-state index is -4.59. The Morgan fingerprint density at radius 2 is 1.54 bits per heavy atom. The highest BCUT2D eigenvalue weighted by Crippen LogP contribution is 2.08. The summed E-state index contributed by atoms with van der Waals surface area (Å²) >= 11 is 0. The van der Waals surface area contributed by atoms with E-state index in [1.165, 1.54) is 5.32 Å². The summed E-state index contributed by atoms with van der Waals surface area (Å²) in [4.78, 5) is 0. The minimum Gasteiger partial charge on any atom is -0.356 e. The summed E-state index contributed by atoms with van der Waals surface area (Å²) in [5.41, 5.74) is 0. The average Bonchev–Trinajstić information content (AvgIpc) is 1.95. The van der Waals surface area contributed by atoms with Gasteiger partial charge in [-0.05, 0) is 0 Å². The van der Waals surface area contributed by atoms with Gasteiger partial charge in [-0.15, -0.1) is 0 Å². The molecule has 0 spiro atoms. The number of rotatable bonds is 4. The van der Waals surface area contributed by atoms with Crippen LogP contribution in [-0.2, 0) is 0 Å². The second-order valence-corrected chi connectivity index (χ2v) is 1.93. The third kappa shape index (κ3) is 7.44. The van der Waals surface area contributed by atoms with Crippen molar-refractivity contribution in [1.82, 2.24) is 10.6 Å². The van der Waals surface area contributed by atoms with Gasteiger partial charge in [0.15, 0.2) is 0 Å². The highest BCUT2D eigenvalue weighted by Gasteiger charge is 2.25. The first kappa shape index (κ1) is 12.1. The van der Waals surface area contributed by atoms with Crippen LogP contribution in [0.5, 0.6) is 0 Å². The van der Waals surface area contributed by atoms with Crippen LogP contribution >= 0.6 is 0 Å². The Morgan fingerprint density at radius 1 is 1.00 bits per heavy atom. The van der Waals surface area contributed by atoms with Crippen molar-refractivity contribution < 1.29 is 26.3 Å². The van der Waals surface area contributed by atoms with E-state index in [0.29, 0.717) is 0 Å². The van der Waals surface area contributed by atoms with E-state index in [4.69, 9.17) is 0 Å². The smallest absolute Gasteiger partial charge is 0.356 e. The van der Waals surface area contributed by atoms with Crippen molar-refractivity contribution >= 4 is 0 Å². The van der Waals surface area contributed by atoms with Gasteiger partial charge in [-0.1, -0.05) is 0 Å². The van der Waals surface area contributed by atoms with Gasteiger partial charge >= 0.3 is 12.4 Å². The van der Waals surface area contributed by atoms with Crippen molar-refractivity contribution in [3.63, 3.8) is 0 Å². The lowest BCUT2D eigenvalue weighted by Gasteiger charge is -2.08. The Kier molecular flexibility index (Phi) is 4.60. The van der Waals surface area contributed by atoms with E-state index >= 15 is 0 Å². The summed E-state index contributed by atoms with van der Waals surface area (Å²) in [7, 11) is 0. The van der Waals surface area contributed by atoms with Gasteiger partial charge in [0.2, 0.25) is 0 Å². The molecule has 8 heteroatoms. The fourth-order valence-electron chi connectivity index (χ4n) is 0.443. The zero-order valence-electron chi connectivity index (χ0n) is 6.18. The minimum absolute atomic E-state index is 0.581. The fourth-order valence-corrected chi connectivity index (χ4v) is 0.443. The predicted molar refractivity (Wildman–Crippen MR) is 32.4 cm³/mol. The summed E-state index contributed by atoms with van der Waals surface area (Å²) in [6, 6.07) is 0. The molecule has 2 N–H and O–H groups in total. The SMILES string of the molecule is FC(F)=C(F)NCCNC(F)(F)F. The quantitative estimate of drug-likeness (QED) is 0.417. The van der Waals surface area contributed by atoms with Gasteiger partial charge in [0.25, 0.3) is 5.95 Å². The maximum atomic E-state index is 11.9. The third-order valence-corrected chi connectivity index (χ3v) is 0.897. The molecule has 78 valence electrons. The van der Waals surface area contributed by atoms with Crippen LogP contribution in [-0.4, -0.2) is 19.4 Å². The molecular formula is C5H6F6N2. The predicted octanol–water partition coefficient (Wildman–Crippen LogP) is 1.72. The molecule has 0 aliphatic carbocycles. The van der Waals surface area contributed by atoms with Crippen molar-refractivity contribution in [3.8, 4) is 0 Å². The topological polar surface area (TPSA) is 24.1 Å². The number of hydrogen-bond acceptors (Lipinski definition) is 2. The van der Waals surface area contributed by atoms with Gasteiger partial charge in [-0.25, -0.2) is 5.32 Å². The van der Waals surface area contributed by atoms with Crippen LogP contribution in [0.3, 0.4) is 0 Å². The Morgan fingerprint density at radius 3 is 1.92 bits per heavy atom. The highest BCUT2D eigenvalue weighted by atomic mass is 19.4. The fraction of sp³-hybridized carbons (Fsp3) is 0.600. The Hall–Kier alpha value is -0.920. The molecular weight excluding hydrogens is 202 g/mol. The number of halogens is 6. The van der Waals surface area contributed by atoms with E-state index < -0.39 is 31.4 Å². The van der Waals surface area contributed by atoms with Gasteiger partial charge < -0.3 is 5.32 Å². The van der Waals surface area contributed by atoms with Gasteiger partial charge in [-0.3, -0.25) is 0 Å². The van der Waals surface area contributed by atoms with Crippen LogP contribution in [0.2, 0.25) is 0 Å². The lowest BCUT2D eigenvalue weighted by Crippen LogP contribution is -2.36. The monoisotopic (exact) mass is 208 g/mol. The normalized spacial score (nSPS) is 11.2. The maximum absolute atomic E-state index is 11.9.